The minimum absolute atomic E-state index is 0.199. The maximum absolute atomic E-state index is 12.0. The van der Waals surface area contributed by atoms with Crippen molar-refractivity contribution in [2.75, 3.05) is 12.9 Å². The molecular formula is C22H28O8S. The average Bonchev–Trinajstić information content (AvgIpc) is 2.69. The van der Waals surface area contributed by atoms with E-state index in [2.05, 4.69) is 0 Å². The molecule has 0 aliphatic rings. The van der Waals surface area contributed by atoms with E-state index in [1.165, 1.54) is 12.1 Å². The Morgan fingerprint density at radius 3 is 1.74 bits per heavy atom. The number of ether oxygens (including phenoxy) is 4. The van der Waals surface area contributed by atoms with Crippen molar-refractivity contribution in [3.05, 3.63) is 48.5 Å². The standard InChI is InChI=1S/C22H28O8S/c1-6-20(28-17-10-14-19(15-11-17)30-31(5,24)25)27-16-8-12-18(13-9-16)29-22(3,4)21(23)26-7-2/h8-15,20H,6-7H2,1-5H3. The van der Waals surface area contributed by atoms with Gasteiger partial charge in [0, 0.05) is 6.42 Å². The molecular weight excluding hydrogens is 424 g/mol. The van der Waals surface area contributed by atoms with Crippen LogP contribution in [0, 0.1) is 0 Å². The molecule has 9 heteroatoms. The van der Waals surface area contributed by atoms with Crippen LogP contribution in [0.2, 0.25) is 0 Å². The quantitative estimate of drug-likeness (QED) is 0.287. The third-order valence-corrected chi connectivity index (χ3v) is 4.40. The summed E-state index contributed by atoms with van der Waals surface area (Å²) < 4.78 is 49.5. The van der Waals surface area contributed by atoms with Crippen molar-refractivity contribution in [2.24, 2.45) is 0 Å². The summed E-state index contributed by atoms with van der Waals surface area (Å²) in [5.74, 6) is 1.32. The SMILES string of the molecule is CCOC(=O)C(C)(C)Oc1ccc(OC(CC)Oc2ccc(OS(C)(=O)=O)cc2)cc1. The molecule has 0 bridgehead atoms. The van der Waals surface area contributed by atoms with Crippen molar-refractivity contribution in [1.82, 2.24) is 0 Å². The molecule has 1 unspecified atom stereocenters. The lowest BCUT2D eigenvalue weighted by atomic mass is 10.1. The first kappa shape index (κ1) is 24.3. The molecule has 2 rings (SSSR count). The van der Waals surface area contributed by atoms with E-state index in [9.17, 15) is 13.2 Å². The highest BCUT2D eigenvalue weighted by Crippen LogP contribution is 2.25. The fraction of sp³-hybridized carbons (Fsp3) is 0.409. The van der Waals surface area contributed by atoms with Crippen LogP contribution < -0.4 is 18.4 Å². The zero-order valence-corrected chi connectivity index (χ0v) is 19.1. The predicted octanol–water partition coefficient (Wildman–Crippen LogP) is 3.94. The van der Waals surface area contributed by atoms with Gasteiger partial charge in [-0.15, -0.1) is 0 Å². The molecule has 8 nitrogen and oxygen atoms in total. The van der Waals surface area contributed by atoms with Crippen LogP contribution in [0.1, 0.15) is 34.1 Å². The van der Waals surface area contributed by atoms with Crippen molar-refractivity contribution in [3.8, 4) is 23.0 Å². The van der Waals surface area contributed by atoms with Crippen LogP contribution in [0.5, 0.6) is 23.0 Å². The number of carbonyl (C=O) groups is 1. The fourth-order valence-electron chi connectivity index (χ4n) is 2.47. The van der Waals surface area contributed by atoms with Gasteiger partial charge in [-0.1, -0.05) is 6.92 Å². The van der Waals surface area contributed by atoms with Crippen molar-refractivity contribution in [2.45, 2.75) is 46.0 Å². The Kier molecular flexibility index (Phi) is 8.15. The molecule has 170 valence electrons. The molecule has 2 aromatic rings. The van der Waals surface area contributed by atoms with Crippen molar-refractivity contribution in [1.29, 1.82) is 0 Å². The maximum atomic E-state index is 12.0. The van der Waals surface area contributed by atoms with Gasteiger partial charge in [0.1, 0.15) is 23.0 Å². The van der Waals surface area contributed by atoms with E-state index >= 15 is 0 Å². The van der Waals surface area contributed by atoms with Gasteiger partial charge in [-0.2, -0.15) is 8.42 Å². The summed E-state index contributed by atoms with van der Waals surface area (Å²) in [5, 5.41) is 0. The van der Waals surface area contributed by atoms with Gasteiger partial charge >= 0.3 is 16.1 Å². The van der Waals surface area contributed by atoms with Crippen LogP contribution in [0.25, 0.3) is 0 Å². The molecule has 0 radical (unpaired) electrons. The van der Waals surface area contributed by atoms with E-state index in [0.29, 0.717) is 23.7 Å². The van der Waals surface area contributed by atoms with Crippen LogP contribution in [0.3, 0.4) is 0 Å². The first-order valence-electron chi connectivity index (χ1n) is 9.81. The minimum Gasteiger partial charge on any atom is -0.476 e. The first-order chi connectivity index (χ1) is 14.5. The number of esters is 1. The van der Waals surface area contributed by atoms with Crippen molar-refractivity contribution >= 4 is 16.1 Å². The molecule has 0 heterocycles. The summed E-state index contributed by atoms with van der Waals surface area (Å²) in [6.07, 6.45) is 0.979. The van der Waals surface area contributed by atoms with Gasteiger partial charge in [-0.05, 0) is 69.3 Å². The van der Waals surface area contributed by atoms with Crippen LogP contribution in [0.4, 0.5) is 0 Å². The monoisotopic (exact) mass is 452 g/mol. The number of benzene rings is 2. The second-order valence-electron chi connectivity index (χ2n) is 7.14. The lowest BCUT2D eigenvalue weighted by Gasteiger charge is -2.24. The molecule has 0 aliphatic heterocycles. The molecule has 0 spiro atoms. The second-order valence-corrected chi connectivity index (χ2v) is 8.71. The lowest BCUT2D eigenvalue weighted by molar-refractivity contribution is -0.158. The Labute approximate surface area is 183 Å². The van der Waals surface area contributed by atoms with Gasteiger partial charge in [0.25, 0.3) is 0 Å². The summed E-state index contributed by atoms with van der Waals surface area (Å²) >= 11 is 0. The third-order valence-electron chi connectivity index (χ3n) is 3.90. The van der Waals surface area contributed by atoms with Crippen LogP contribution in [-0.4, -0.2) is 39.1 Å². The van der Waals surface area contributed by atoms with E-state index in [1.807, 2.05) is 6.92 Å². The number of rotatable bonds is 11. The third kappa shape index (κ3) is 8.01. The van der Waals surface area contributed by atoms with E-state index < -0.39 is 28.0 Å². The zero-order chi connectivity index (χ0) is 23.1. The summed E-state index contributed by atoms with van der Waals surface area (Å²) in [4.78, 5) is 12.0. The Bertz CT molecular complexity index is 950. The van der Waals surface area contributed by atoms with Crippen LogP contribution >= 0.6 is 0 Å². The highest BCUT2D eigenvalue weighted by molar-refractivity contribution is 7.86. The van der Waals surface area contributed by atoms with Crippen molar-refractivity contribution < 1.29 is 36.3 Å². The molecule has 0 aliphatic carbocycles. The Morgan fingerprint density at radius 2 is 1.32 bits per heavy atom. The smallest absolute Gasteiger partial charge is 0.349 e. The Hall–Kier alpha value is -2.94. The van der Waals surface area contributed by atoms with E-state index in [1.54, 1.807) is 57.2 Å². The highest BCUT2D eigenvalue weighted by atomic mass is 32.2. The fourth-order valence-corrected chi connectivity index (χ4v) is 2.93. The van der Waals surface area contributed by atoms with E-state index in [4.69, 9.17) is 23.1 Å². The lowest BCUT2D eigenvalue weighted by Crippen LogP contribution is -2.39. The summed E-state index contributed by atoms with van der Waals surface area (Å²) in [7, 11) is -3.58. The molecule has 0 N–H and O–H groups in total. The highest BCUT2D eigenvalue weighted by Gasteiger charge is 2.31. The molecule has 31 heavy (non-hydrogen) atoms. The molecule has 2 aromatic carbocycles. The van der Waals surface area contributed by atoms with Crippen molar-refractivity contribution in [3.63, 3.8) is 0 Å². The molecule has 0 aromatic heterocycles. The molecule has 1 atom stereocenters. The predicted molar refractivity (Wildman–Crippen MR) is 115 cm³/mol. The second kappa shape index (κ2) is 10.4. The largest absolute Gasteiger partial charge is 0.476 e. The minimum atomic E-state index is -3.58. The topological polar surface area (TPSA) is 97.4 Å². The van der Waals surface area contributed by atoms with Crippen LogP contribution in [0.15, 0.2) is 48.5 Å². The first-order valence-corrected chi connectivity index (χ1v) is 11.6. The zero-order valence-electron chi connectivity index (χ0n) is 18.3. The summed E-state index contributed by atoms with van der Waals surface area (Å²) in [6, 6.07) is 13.0. The number of carbonyl (C=O) groups excluding carboxylic acids is 1. The molecule has 0 fully saturated rings. The number of hydrogen-bond donors (Lipinski definition) is 0. The normalized spacial score (nSPS) is 12.5. The van der Waals surface area contributed by atoms with Gasteiger partial charge < -0.3 is 23.1 Å². The van der Waals surface area contributed by atoms with Gasteiger partial charge in [-0.3, -0.25) is 0 Å². The van der Waals surface area contributed by atoms with E-state index in [0.717, 1.165) is 6.26 Å². The van der Waals surface area contributed by atoms with Gasteiger partial charge in [-0.25, -0.2) is 4.79 Å². The van der Waals surface area contributed by atoms with Gasteiger partial charge in [0.05, 0.1) is 12.9 Å². The number of hydrogen-bond acceptors (Lipinski definition) is 8. The van der Waals surface area contributed by atoms with Gasteiger partial charge in [0.15, 0.2) is 5.60 Å². The Balaban J connectivity index is 1.97. The summed E-state index contributed by atoms with van der Waals surface area (Å²) in [6.45, 7) is 7.21. The summed E-state index contributed by atoms with van der Waals surface area (Å²) in [5.41, 5.74) is -1.11. The van der Waals surface area contributed by atoms with Gasteiger partial charge in [0.2, 0.25) is 6.29 Å². The van der Waals surface area contributed by atoms with E-state index in [-0.39, 0.29) is 12.4 Å². The molecule has 0 saturated carbocycles. The maximum Gasteiger partial charge on any atom is 0.349 e. The molecule has 0 amide bonds. The Morgan fingerprint density at radius 1 is 0.871 bits per heavy atom. The average molecular weight is 453 g/mol. The van der Waals surface area contributed by atoms with Crippen LogP contribution in [-0.2, 0) is 19.6 Å². The molecule has 0 saturated heterocycles.